The number of hydrogen-bond acceptors (Lipinski definition) is 3. The zero-order valence-corrected chi connectivity index (χ0v) is 11.8. The number of benzene rings is 1. The van der Waals surface area contributed by atoms with Gasteiger partial charge in [0.15, 0.2) is 0 Å². The molecular weight excluding hydrogens is 226 g/mol. The quantitative estimate of drug-likeness (QED) is 0.636. The highest BCUT2D eigenvalue weighted by atomic mass is 16.2. The molecule has 1 aromatic carbocycles. The number of nitrogens with one attached hydrogen (secondary N) is 1. The van der Waals surface area contributed by atoms with Gasteiger partial charge in [-0.3, -0.25) is 10.6 Å². The molecule has 0 aromatic heterocycles. The van der Waals surface area contributed by atoms with Gasteiger partial charge < -0.3 is 10.3 Å². The SMILES string of the molecule is Cc1ccc(NN)c(C(=O)N(C)C(C)C(C)C)c1. The lowest BCUT2D eigenvalue weighted by atomic mass is 10.0. The van der Waals surface area contributed by atoms with Gasteiger partial charge in [-0.05, 0) is 31.9 Å². The highest BCUT2D eigenvalue weighted by Gasteiger charge is 2.21. The predicted molar refractivity (Wildman–Crippen MR) is 75.4 cm³/mol. The topological polar surface area (TPSA) is 58.4 Å². The fraction of sp³-hybridized carbons (Fsp3) is 0.500. The molecule has 0 bridgehead atoms. The smallest absolute Gasteiger partial charge is 0.256 e. The number of nitrogens with two attached hydrogens (primary N) is 1. The Morgan fingerprint density at radius 3 is 2.44 bits per heavy atom. The zero-order valence-electron chi connectivity index (χ0n) is 11.8. The largest absolute Gasteiger partial charge is 0.339 e. The summed E-state index contributed by atoms with van der Waals surface area (Å²) in [4.78, 5) is 14.2. The summed E-state index contributed by atoms with van der Waals surface area (Å²) in [6, 6.07) is 5.80. The second-order valence-corrected chi connectivity index (χ2v) is 5.09. The van der Waals surface area contributed by atoms with E-state index in [0.29, 0.717) is 17.2 Å². The first-order valence-electron chi connectivity index (χ1n) is 6.23. The van der Waals surface area contributed by atoms with Crippen LogP contribution in [-0.2, 0) is 0 Å². The summed E-state index contributed by atoms with van der Waals surface area (Å²) in [5.41, 5.74) is 4.90. The standard InChI is InChI=1S/C14H23N3O/c1-9(2)11(4)17(5)14(18)12-8-10(3)6-7-13(12)16-15/h6-9,11,16H,15H2,1-5H3. The minimum Gasteiger partial charge on any atom is -0.339 e. The maximum atomic E-state index is 12.5. The Morgan fingerprint density at radius 1 is 1.33 bits per heavy atom. The molecular formula is C14H23N3O. The van der Waals surface area contributed by atoms with Gasteiger partial charge in [-0.2, -0.15) is 0 Å². The second kappa shape index (κ2) is 5.87. The lowest BCUT2D eigenvalue weighted by Crippen LogP contribution is -2.38. The number of amides is 1. The fourth-order valence-corrected chi connectivity index (χ4v) is 1.78. The molecule has 0 saturated heterocycles. The van der Waals surface area contributed by atoms with Crippen LogP contribution in [0.3, 0.4) is 0 Å². The lowest BCUT2D eigenvalue weighted by Gasteiger charge is -2.28. The van der Waals surface area contributed by atoms with E-state index >= 15 is 0 Å². The molecule has 1 rings (SSSR count). The van der Waals surface area contributed by atoms with Crippen molar-refractivity contribution < 1.29 is 4.79 Å². The molecule has 0 radical (unpaired) electrons. The number of rotatable bonds is 4. The molecule has 4 nitrogen and oxygen atoms in total. The lowest BCUT2D eigenvalue weighted by molar-refractivity contribution is 0.0708. The first kappa shape index (κ1) is 14.5. The summed E-state index contributed by atoms with van der Waals surface area (Å²) >= 11 is 0. The van der Waals surface area contributed by atoms with Crippen molar-refractivity contribution in [2.45, 2.75) is 33.7 Å². The van der Waals surface area contributed by atoms with E-state index in [1.165, 1.54) is 0 Å². The Morgan fingerprint density at radius 2 is 1.94 bits per heavy atom. The first-order valence-corrected chi connectivity index (χ1v) is 6.23. The Hall–Kier alpha value is -1.55. The van der Waals surface area contributed by atoms with Crippen molar-refractivity contribution in [3.05, 3.63) is 29.3 Å². The zero-order chi connectivity index (χ0) is 13.9. The van der Waals surface area contributed by atoms with Crippen LogP contribution in [0.25, 0.3) is 0 Å². The van der Waals surface area contributed by atoms with Crippen LogP contribution < -0.4 is 11.3 Å². The fourth-order valence-electron chi connectivity index (χ4n) is 1.78. The molecule has 0 heterocycles. The van der Waals surface area contributed by atoms with Crippen molar-refractivity contribution >= 4 is 11.6 Å². The van der Waals surface area contributed by atoms with E-state index in [-0.39, 0.29) is 11.9 Å². The monoisotopic (exact) mass is 249 g/mol. The van der Waals surface area contributed by atoms with Crippen LogP contribution in [0.15, 0.2) is 18.2 Å². The van der Waals surface area contributed by atoms with E-state index in [1.807, 2.05) is 39.1 Å². The van der Waals surface area contributed by atoms with Gasteiger partial charge in [-0.15, -0.1) is 0 Å². The van der Waals surface area contributed by atoms with Crippen molar-refractivity contribution in [2.75, 3.05) is 12.5 Å². The van der Waals surface area contributed by atoms with Crippen molar-refractivity contribution in [3.8, 4) is 0 Å². The van der Waals surface area contributed by atoms with Crippen LogP contribution in [0.4, 0.5) is 5.69 Å². The van der Waals surface area contributed by atoms with E-state index in [2.05, 4.69) is 19.3 Å². The number of anilines is 1. The maximum absolute atomic E-state index is 12.5. The highest BCUT2D eigenvalue weighted by molar-refractivity contribution is 5.99. The number of hydrazine groups is 1. The van der Waals surface area contributed by atoms with Gasteiger partial charge in [0, 0.05) is 13.1 Å². The Kier molecular flexibility index (Phi) is 4.73. The van der Waals surface area contributed by atoms with Crippen molar-refractivity contribution in [2.24, 2.45) is 11.8 Å². The Labute approximate surface area is 109 Å². The van der Waals surface area contributed by atoms with Crippen LogP contribution >= 0.6 is 0 Å². The average Bonchev–Trinajstić information content (AvgIpc) is 2.35. The van der Waals surface area contributed by atoms with Crippen molar-refractivity contribution in [1.82, 2.24) is 4.90 Å². The molecule has 0 fully saturated rings. The normalized spacial score (nSPS) is 12.4. The maximum Gasteiger partial charge on any atom is 0.256 e. The first-order chi connectivity index (χ1) is 8.38. The molecule has 1 unspecified atom stereocenters. The van der Waals surface area contributed by atoms with Gasteiger partial charge in [-0.25, -0.2) is 0 Å². The van der Waals surface area contributed by atoms with Crippen molar-refractivity contribution in [3.63, 3.8) is 0 Å². The third kappa shape index (κ3) is 3.01. The van der Waals surface area contributed by atoms with Gasteiger partial charge in [-0.1, -0.05) is 25.5 Å². The summed E-state index contributed by atoms with van der Waals surface area (Å²) < 4.78 is 0. The minimum absolute atomic E-state index is 0.00662. The molecule has 4 heteroatoms. The van der Waals surface area contributed by atoms with Crippen LogP contribution in [0.2, 0.25) is 0 Å². The number of hydrogen-bond donors (Lipinski definition) is 2. The molecule has 1 aromatic rings. The van der Waals surface area contributed by atoms with E-state index in [4.69, 9.17) is 5.84 Å². The second-order valence-electron chi connectivity index (χ2n) is 5.09. The summed E-state index contributed by atoms with van der Waals surface area (Å²) in [6.07, 6.45) is 0. The molecule has 0 aliphatic carbocycles. The van der Waals surface area contributed by atoms with Crippen LogP contribution in [0.1, 0.15) is 36.7 Å². The molecule has 18 heavy (non-hydrogen) atoms. The number of carbonyl (C=O) groups excluding carboxylic acids is 1. The average molecular weight is 249 g/mol. The minimum atomic E-state index is -0.00662. The van der Waals surface area contributed by atoms with Gasteiger partial charge >= 0.3 is 0 Å². The third-order valence-electron chi connectivity index (χ3n) is 3.46. The van der Waals surface area contributed by atoms with E-state index in [0.717, 1.165) is 5.56 Å². The van der Waals surface area contributed by atoms with Crippen LogP contribution in [-0.4, -0.2) is 23.9 Å². The van der Waals surface area contributed by atoms with E-state index < -0.39 is 0 Å². The number of aryl methyl sites for hydroxylation is 1. The van der Waals surface area contributed by atoms with Gasteiger partial charge in [0.25, 0.3) is 5.91 Å². The van der Waals surface area contributed by atoms with E-state index in [1.54, 1.807) is 4.90 Å². The predicted octanol–water partition coefficient (Wildman–Crippen LogP) is 2.40. The Balaban J connectivity index is 3.06. The summed E-state index contributed by atoms with van der Waals surface area (Å²) in [6.45, 7) is 8.22. The van der Waals surface area contributed by atoms with Gasteiger partial charge in [0.2, 0.25) is 0 Å². The van der Waals surface area contributed by atoms with Crippen molar-refractivity contribution in [1.29, 1.82) is 0 Å². The molecule has 0 aliphatic heterocycles. The molecule has 3 N–H and O–H groups in total. The molecule has 0 saturated carbocycles. The van der Waals surface area contributed by atoms with Gasteiger partial charge in [0.05, 0.1) is 11.3 Å². The molecule has 1 atom stereocenters. The Bertz CT molecular complexity index is 429. The van der Waals surface area contributed by atoms with Crippen LogP contribution in [0, 0.1) is 12.8 Å². The number of nitrogen functional groups attached to an aromatic ring is 1. The van der Waals surface area contributed by atoms with Gasteiger partial charge in [0.1, 0.15) is 0 Å². The summed E-state index contributed by atoms with van der Waals surface area (Å²) in [7, 11) is 1.83. The van der Waals surface area contributed by atoms with E-state index in [9.17, 15) is 4.79 Å². The summed E-state index contributed by atoms with van der Waals surface area (Å²) in [5, 5.41) is 0. The van der Waals surface area contributed by atoms with Crippen LogP contribution in [0.5, 0.6) is 0 Å². The number of carbonyl (C=O) groups is 1. The molecule has 0 aliphatic rings. The molecule has 100 valence electrons. The highest BCUT2D eigenvalue weighted by Crippen LogP contribution is 2.20. The molecule has 1 amide bonds. The number of nitrogens with zero attached hydrogens (tertiary/aromatic N) is 1. The summed E-state index contributed by atoms with van der Waals surface area (Å²) in [5.74, 6) is 5.86. The molecule has 0 spiro atoms. The third-order valence-corrected chi connectivity index (χ3v) is 3.46.